The fourth-order valence-electron chi connectivity index (χ4n) is 2.53. The number of morpholine rings is 1. The van der Waals surface area contributed by atoms with Crippen molar-refractivity contribution in [3.63, 3.8) is 0 Å². The van der Waals surface area contributed by atoms with Crippen LogP contribution in [0, 0.1) is 6.92 Å². The molecule has 0 N–H and O–H groups in total. The van der Waals surface area contributed by atoms with Crippen LogP contribution in [0.25, 0.3) is 0 Å². The number of hydrogen-bond acceptors (Lipinski definition) is 5. The van der Waals surface area contributed by atoms with Gasteiger partial charge in [0.25, 0.3) is 0 Å². The van der Waals surface area contributed by atoms with Gasteiger partial charge in [-0.3, -0.25) is 4.90 Å². The summed E-state index contributed by atoms with van der Waals surface area (Å²) in [6.45, 7) is 3.99. The summed E-state index contributed by atoms with van der Waals surface area (Å²) in [5.74, 6) is 1.03. The number of halogens is 3. The third-order valence-electron chi connectivity index (χ3n) is 3.69. The molecule has 0 unspecified atom stereocenters. The number of hydrogen-bond donors (Lipinski definition) is 0. The van der Waals surface area contributed by atoms with Crippen molar-refractivity contribution in [3.8, 4) is 0 Å². The first kappa shape index (κ1) is 15.9. The van der Waals surface area contributed by atoms with Gasteiger partial charge in [0.2, 0.25) is 11.8 Å². The zero-order chi connectivity index (χ0) is 16.4. The van der Waals surface area contributed by atoms with Crippen molar-refractivity contribution in [2.75, 3.05) is 19.7 Å². The molecule has 1 aliphatic heterocycles. The summed E-state index contributed by atoms with van der Waals surface area (Å²) in [5.41, 5.74) is 0.0691. The average molecular weight is 327 g/mol. The molecule has 1 aromatic carbocycles. The lowest BCUT2D eigenvalue weighted by Crippen LogP contribution is -2.37. The summed E-state index contributed by atoms with van der Waals surface area (Å²) in [6, 6.07) is 5.10. The second kappa shape index (κ2) is 6.29. The Balaban J connectivity index is 1.66. The molecule has 0 bridgehead atoms. The van der Waals surface area contributed by atoms with Gasteiger partial charge >= 0.3 is 6.18 Å². The van der Waals surface area contributed by atoms with Crippen molar-refractivity contribution in [2.45, 2.75) is 25.7 Å². The van der Waals surface area contributed by atoms with Crippen LogP contribution in [0.2, 0.25) is 0 Å². The Morgan fingerprint density at radius 1 is 1.22 bits per heavy atom. The third kappa shape index (κ3) is 3.89. The van der Waals surface area contributed by atoms with E-state index in [1.165, 1.54) is 12.1 Å². The number of aryl methyl sites for hydroxylation is 1. The van der Waals surface area contributed by atoms with E-state index in [0.717, 1.165) is 17.7 Å². The maximum absolute atomic E-state index is 12.6. The Hall–Kier alpha value is -1.93. The molecule has 124 valence electrons. The molecule has 0 radical (unpaired) electrons. The number of alkyl halides is 3. The van der Waals surface area contributed by atoms with Crippen molar-refractivity contribution in [1.82, 2.24) is 15.1 Å². The van der Waals surface area contributed by atoms with Crippen LogP contribution < -0.4 is 0 Å². The van der Waals surface area contributed by atoms with Crippen molar-refractivity contribution in [1.29, 1.82) is 0 Å². The van der Waals surface area contributed by atoms with Gasteiger partial charge < -0.3 is 9.15 Å². The Bertz CT molecular complexity index is 655. The van der Waals surface area contributed by atoms with E-state index in [2.05, 4.69) is 15.1 Å². The minimum atomic E-state index is -4.33. The summed E-state index contributed by atoms with van der Waals surface area (Å²) in [4.78, 5) is 2.08. The highest BCUT2D eigenvalue weighted by molar-refractivity contribution is 5.26. The van der Waals surface area contributed by atoms with Gasteiger partial charge in [-0.25, -0.2) is 0 Å². The van der Waals surface area contributed by atoms with Gasteiger partial charge in [-0.2, -0.15) is 13.2 Å². The van der Waals surface area contributed by atoms with Crippen LogP contribution in [0.5, 0.6) is 0 Å². The standard InChI is InChI=1S/C15H16F3N3O2/c1-10-19-20-14(23-10)9-21-6-7-22-13(8-21)11-2-4-12(5-3-11)15(16,17)18/h2-5,13H,6-9H2,1H3/t13-/m1/s1. The van der Waals surface area contributed by atoms with Crippen molar-refractivity contribution >= 4 is 0 Å². The topological polar surface area (TPSA) is 51.4 Å². The monoisotopic (exact) mass is 327 g/mol. The number of benzene rings is 1. The first-order chi connectivity index (χ1) is 10.9. The normalized spacial score (nSPS) is 19.9. The zero-order valence-electron chi connectivity index (χ0n) is 12.5. The van der Waals surface area contributed by atoms with E-state index >= 15 is 0 Å². The van der Waals surface area contributed by atoms with E-state index in [4.69, 9.17) is 9.15 Å². The molecule has 23 heavy (non-hydrogen) atoms. The van der Waals surface area contributed by atoms with Crippen LogP contribution in [0.15, 0.2) is 28.7 Å². The first-order valence-corrected chi connectivity index (χ1v) is 7.22. The smallest absolute Gasteiger partial charge is 0.416 e. The Kier molecular flexibility index (Phi) is 4.36. The van der Waals surface area contributed by atoms with Gasteiger partial charge in [0, 0.05) is 20.0 Å². The molecule has 0 spiro atoms. The maximum Gasteiger partial charge on any atom is 0.416 e. The number of aromatic nitrogens is 2. The van der Waals surface area contributed by atoms with Crippen LogP contribution >= 0.6 is 0 Å². The van der Waals surface area contributed by atoms with Crippen LogP contribution in [-0.2, 0) is 17.5 Å². The van der Waals surface area contributed by atoms with E-state index in [9.17, 15) is 13.2 Å². The van der Waals surface area contributed by atoms with Gasteiger partial charge in [-0.1, -0.05) is 12.1 Å². The third-order valence-corrected chi connectivity index (χ3v) is 3.69. The molecule has 0 amide bonds. The summed E-state index contributed by atoms with van der Waals surface area (Å²) < 4.78 is 48.8. The molecule has 3 rings (SSSR count). The minimum Gasteiger partial charge on any atom is -0.424 e. The van der Waals surface area contributed by atoms with E-state index in [1.807, 2.05) is 0 Å². The van der Waals surface area contributed by atoms with Crippen LogP contribution in [0.3, 0.4) is 0 Å². The van der Waals surface area contributed by atoms with E-state index < -0.39 is 11.7 Å². The molecule has 8 heteroatoms. The van der Waals surface area contributed by atoms with E-state index in [-0.39, 0.29) is 6.10 Å². The molecule has 1 atom stereocenters. The summed E-state index contributed by atoms with van der Waals surface area (Å²) >= 11 is 0. The van der Waals surface area contributed by atoms with Gasteiger partial charge in [0.15, 0.2) is 0 Å². The van der Waals surface area contributed by atoms with Crippen LogP contribution in [0.4, 0.5) is 13.2 Å². The average Bonchev–Trinajstić information content (AvgIpc) is 2.92. The van der Waals surface area contributed by atoms with Crippen LogP contribution in [-0.4, -0.2) is 34.8 Å². The molecule has 5 nitrogen and oxygen atoms in total. The molecule has 1 aromatic heterocycles. The van der Waals surface area contributed by atoms with Crippen LogP contribution in [0.1, 0.15) is 29.0 Å². The first-order valence-electron chi connectivity index (χ1n) is 7.22. The SMILES string of the molecule is Cc1nnc(CN2CCO[C@@H](c3ccc(C(F)(F)F)cc3)C2)o1. The lowest BCUT2D eigenvalue weighted by Gasteiger charge is -2.32. The summed E-state index contributed by atoms with van der Waals surface area (Å²) in [6.07, 6.45) is -4.59. The predicted molar refractivity (Wildman–Crippen MR) is 74.4 cm³/mol. The lowest BCUT2D eigenvalue weighted by atomic mass is 10.1. The Morgan fingerprint density at radius 3 is 2.57 bits per heavy atom. The molecular weight excluding hydrogens is 311 g/mol. The summed E-state index contributed by atoms with van der Waals surface area (Å²) in [7, 11) is 0. The molecular formula is C15H16F3N3O2. The quantitative estimate of drug-likeness (QED) is 0.867. The highest BCUT2D eigenvalue weighted by atomic mass is 19.4. The van der Waals surface area contributed by atoms with E-state index in [1.54, 1.807) is 6.92 Å². The number of ether oxygens (including phenoxy) is 1. The molecule has 0 saturated carbocycles. The van der Waals surface area contributed by atoms with Gasteiger partial charge in [-0.05, 0) is 17.7 Å². The zero-order valence-corrected chi connectivity index (χ0v) is 12.5. The van der Waals surface area contributed by atoms with Crippen molar-refractivity contribution in [3.05, 3.63) is 47.2 Å². The molecule has 2 heterocycles. The number of nitrogens with zero attached hydrogens (tertiary/aromatic N) is 3. The maximum atomic E-state index is 12.6. The molecule has 2 aromatic rings. The molecule has 1 fully saturated rings. The van der Waals surface area contributed by atoms with Gasteiger partial charge in [-0.15, -0.1) is 10.2 Å². The lowest BCUT2D eigenvalue weighted by molar-refractivity contribution is -0.137. The minimum absolute atomic E-state index is 0.268. The highest BCUT2D eigenvalue weighted by Crippen LogP contribution is 2.31. The fourth-order valence-corrected chi connectivity index (χ4v) is 2.53. The highest BCUT2D eigenvalue weighted by Gasteiger charge is 2.31. The van der Waals surface area contributed by atoms with Gasteiger partial charge in [0.1, 0.15) is 0 Å². The predicted octanol–water partition coefficient (Wildman–Crippen LogP) is 2.97. The molecule has 1 aliphatic rings. The Labute approximate surface area is 131 Å². The molecule has 0 aliphatic carbocycles. The Morgan fingerprint density at radius 2 is 1.96 bits per heavy atom. The second-order valence-corrected chi connectivity index (χ2v) is 5.43. The fraction of sp³-hybridized carbons (Fsp3) is 0.467. The van der Waals surface area contributed by atoms with Crippen molar-refractivity contribution in [2.24, 2.45) is 0 Å². The van der Waals surface area contributed by atoms with E-state index in [0.29, 0.717) is 38.0 Å². The largest absolute Gasteiger partial charge is 0.424 e. The molecule has 1 saturated heterocycles. The number of rotatable bonds is 3. The second-order valence-electron chi connectivity index (χ2n) is 5.43. The van der Waals surface area contributed by atoms with Gasteiger partial charge in [0.05, 0.1) is 24.8 Å². The van der Waals surface area contributed by atoms with Crippen molar-refractivity contribution < 1.29 is 22.3 Å². The summed E-state index contributed by atoms with van der Waals surface area (Å²) in [5, 5.41) is 7.73.